The monoisotopic (exact) mass is 387 g/mol. The van der Waals surface area contributed by atoms with Gasteiger partial charge < -0.3 is 18.7 Å². The van der Waals surface area contributed by atoms with E-state index in [9.17, 15) is 9.59 Å². The molecule has 0 bridgehead atoms. The molecule has 26 heavy (non-hydrogen) atoms. The summed E-state index contributed by atoms with van der Waals surface area (Å²) in [5, 5.41) is -0.000137. The number of hydrogen-bond acceptors (Lipinski definition) is 5. The molecule has 0 aromatic rings. The van der Waals surface area contributed by atoms with Crippen LogP contribution in [0.4, 0.5) is 4.79 Å². The average Bonchev–Trinajstić information content (AvgIpc) is 2.70. The molecule has 1 unspecified atom stereocenters. The van der Waals surface area contributed by atoms with Crippen molar-refractivity contribution in [1.82, 2.24) is 4.90 Å². The summed E-state index contributed by atoms with van der Waals surface area (Å²) in [6.07, 6.45) is 0.217. The Kier molecular flexibility index (Phi) is 6.76. The highest BCUT2D eigenvalue weighted by Gasteiger charge is 2.51. The van der Waals surface area contributed by atoms with E-state index in [4.69, 9.17) is 13.9 Å². The van der Waals surface area contributed by atoms with Crippen molar-refractivity contribution < 1.29 is 23.5 Å². The normalized spacial score (nSPS) is 22.2. The molecule has 1 rings (SSSR count). The van der Waals surface area contributed by atoms with Gasteiger partial charge in [-0.3, -0.25) is 4.90 Å². The van der Waals surface area contributed by atoms with Gasteiger partial charge in [-0.15, -0.1) is 0 Å². The first-order valence-corrected chi connectivity index (χ1v) is 12.2. The first-order valence-electron chi connectivity index (χ1n) is 9.29. The minimum absolute atomic E-state index is 0.000137. The molecule has 1 saturated heterocycles. The van der Waals surface area contributed by atoms with Crippen molar-refractivity contribution >= 4 is 20.7 Å². The highest BCUT2D eigenvalue weighted by atomic mass is 28.4. The second kappa shape index (κ2) is 7.60. The molecule has 0 aromatic heterocycles. The van der Waals surface area contributed by atoms with Crippen LogP contribution >= 0.6 is 0 Å². The summed E-state index contributed by atoms with van der Waals surface area (Å²) in [5.74, 6) is 0. The van der Waals surface area contributed by atoms with E-state index in [2.05, 4.69) is 33.9 Å². The van der Waals surface area contributed by atoms with Gasteiger partial charge in [-0.2, -0.15) is 0 Å². The Morgan fingerprint density at radius 1 is 1.27 bits per heavy atom. The minimum atomic E-state index is -2.12. The first-order chi connectivity index (χ1) is 11.5. The fraction of sp³-hybridized carbons (Fsp3) is 0.895. The molecule has 7 heteroatoms. The SMILES string of the molecule is CC(C)(C)OC(=O)N1[C@@H](C(CC=O)O[Si](C)(C)C(C)(C)C)COC1(C)C. The van der Waals surface area contributed by atoms with Crippen LogP contribution < -0.4 is 0 Å². The molecular weight excluding hydrogens is 350 g/mol. The molecule has 0 saturated carbocycles. The lowest BCUT2D eigenvalue weighted by molar-refractivity contribution is -0.110. The molecule has 0 aliphatic carbocycles. The third-order valence-corrected chi connectivity index (χ3v) is 9.62. The quantitative estimate of drug-likeness (QED) is 0.519. The lowest BCUT2D eigenvalue weighted by Crippen LogP contribution is -2.56. The Hall–Kier alpha value is -0.923. The Morgan fingerprint density at radius 3 is 2.23 bits per heavy atom. The van der Waals surface area contributed by atoms with Crippen LogP contribution in [0, 0.1) is 0 Å². The van der Waals surface area contributed by atoms with E-state index in [-0.39, 0.29) is 17.5 Å². The van der Waals surface area contributed by atoms with Gasteiger partial charge in [0.05, 0.1) is 18.8 Å². The van der Waals surface area contributed by atoms with Crippen molar-refractivity contribution in [1.29, 1.82) is 0 Å². The molecule has 1 aliphatic rings. The van der Waals surface area contributed by atoms with Gasteiger partial charge in [0.15, 0.2) is 8.32 Å². The number of hydrogen-bond donors (Lipinski definition) is 0. The number of amides is 1. The van der Waals surface area contributed by atoms with Crippen LogP contribution in [0.15, 0.2) is 0 Å². The van der Waals surface area contributed by atoms with Crippen LogP contribution in [0.25, 0.3) is 0 Å². The third kappa shape index (κ3) is 5.54. The molecule has 0 spiro atoms. The van der Waals surface area contributed by atoms with E-state index in [0.29, 0.717) is 6.61 Å². The molecule has 1 fully saturated rings. The molecule has 0 N–H and O–H groups in total. The number of rotatable bonds is 5. The molecule has 2 atom stereocenters. The fourth-order valence-electron chi connectivity index (χ4n) is 2.71. The third-order valence-electron chi connectivity index (χ3n) is 5.12. The van der Waals surface area contributed by atoms with Gasteiger partial charge in [0.2, 0.25) is 0 Å². The second-order valence-electron chi connectivity index (χ2n) is 9.99. The summed E-state index contributed by atoms with van der Waals surface area (Å²) in [5.41, 5.74) is -1.42. The highest BCUT2D eigenvalue weighted by Crippen LogP contribution is 2.40. The van der Waals surface area contributed by atoms with Crippen LogP contribution in [0.5, 0.6) is 0 Å². The van der Waals surface area contributed by atoms with Gasteiger partial charge in [0, 0.05) is 6.42 Å². The van der Waals surface area contributed by atoms with Crippen molar-refractivity contribution in [3.05, 3.63) is 0 Å². The summed E-state index contributed by atoms with van der Waals surface area (Å²) in [7, 11) is -2.12. The Labute approximate surface area is 159 Å². The lowest BCUT2D eigenvalue weighted by atomic mass is 10.1. The van der Waals surface area contributed by atoms with Crippen molar-refractivity contribution in [2.45, 2.75) is 103 Å². The largest absolute Gasteiger partial charge is 0.444 e. The maximum atomic E-state index is 12.8. The topological polar surface area (TPSA) is 65.1 Å². The van der Waals surface area contributed by atoms with E-state index >= 15 is 0 Å². The molecule has 6 nitrogen and oxygen atoms in total. The molecule has 1 amide bonds. The van der Waals surface area contributed by atoms with Crippen LogP contribution in [0.3, 0.4) is 0 Å². The van der Waals surface area contributed by atoms with Crippen LogP contribution in [0.1, 0.15) is 61.8 Å². The van der Waals surface area contributed by atoms with Crippen LogP contribution in [0.2, 0.25) is 18.1 Å². The Balaban J connectivity index is 3.15. The van der Waals surface area contributed by atoms with Gasteiger partial charge >= 0.3 is 6.09 Å². The maximum absolute atomic E-state index is 12.8. The second-order valence-corrected chi connectivity index (χ2v) is 14.8. The highest BCUT2D eigenvalue weighted by molar-refractivity contribution is 6.74. The standard InChI is InChI=1S/C19H37NO5Si/c1-17(2,3)24-16(22)20-14(13-23-19(20,7)8)15(11-12-21)25-26(9,10)18(4,5)6/h12,14-15H,11,13H2,1-10H3/t14-,15?/m1/s1. The predicted octanol–water partition coefficient (Wildman–Crippen LogP) is 4.34. The van der Waals surface area contributed by atoms with Gasteiger partial charge in [0.25, 0.3) is 0 Å². The molecular formula is C19H37NO5Si. The van der Waals surface area contributed by atoms with Crippen LogP contribution in [-0.2, 0) is 18.7 Å². The molecule has 152 valence electrons. The van der Waals surface area contributed by atoms with E-state index in [0.717, 1.165) is 6.29 Å². The molecule has 0 radical (unpaired) electrons. The van der Waals surface area contributed by atoms with E-state index in [1.165, 1.54) is 0 Å². The maximum Gasteiger partial charge on any atom is 0.412 e. The predicted molar refractivity (Wildman–Crippen MR) is 105 cm³/mol. The van der Waals surface area contributed by atoms with Gasteiger partial charge in [-0.05, 0) is 52.8 Å². The zero-order chi connectivity index (χ0) is 20.6. The summed E-state index contributed by atoms with van der Waals surface area (Å²) < 4.78 is 18.0. The van der Waals surface area contributed by atoms with E-state index in [1.807, 2.05) is 34.6 Å². The number of aldehydes is 1. The summed E-state index contributed by atoms with van der Waals surface area (Å²) in [6.45, 7) is 20.2. The molecule has 1 heterocycles. The van der Waals surface area contributed by atoms with Crippen LogP contribution in [-0.4, -0.2) is 55.7 Å². The smallest absolute Gasteiger partial charge is 0.412 e. The van der Waals surface area contributed by atoms with Crippen molar-refractivity contribution in [3.8, 4) is 0 Å². The van der Waals surface area contributed by atoms with E-state index < -0.39 is 31.8 Å². The van der Waals surface area contributed by atoms with Gasteiger partial charge in [0.1, 0.15) is 17.6 Å². The lowest BCUT2D eigenvalue weighted by Gasteiger charge is -2.43. The number of carbonyl (C=O) groups is 2. The zero-order valence-corrected chi connectivity index (χ0v) is 19.1. The van der Waals surface area contributed by atoms with Gasteiger partial charge in [-0.1, -0.05) is 20.8 Å². The summed E-state index contributed by atoms with van der Waals surface area (Å²) >= 11 is 0. The Bertz CT molecular complexity index is 519. The molecule has 0 aromatic carbocycles. The number of carbonyl (C=O) groups excluding carboxylic acids is 2. The zero-order valence-electron chi connectivity index (χ0n) is 18.1. The minimum Gasteiger partial charge on any atom is -0.444 e. The van der Waals surface area contributed by atoms with Gasteiger partial charge in [-0.25, -0.2) is 4.79 Å². The summed E-state index contributed by atoms with van der Waals surface area (Å²) in [6, 6.07) is -0.362. The Morgan fingerprint density at radius 2 is 1.81 bits per heavy atom. The molecule has 1 aliphatic heterocycles. The van der Waals surface area contributed by atoms with Crippen molar-refractivity contribution in [2.75, 3.05) is 6.61 Å². The van der Waals surface area contributed by atoms with E-state index in [1.54, 1.807) is 4.90 Å². The first kappa shape index (κ1) is 23.1. The summed E-state index contributed by atoms with van der Waals surface area (Å²) in [4.78, 5) is 25.8. The number of nitrogens with zero attached hydrogens (tertiary/aromatic N) is 1. The number of ether oxygens (including phenoxy) is 2. The average molecular weight is 388 g/mol. The van der Waals surface area contributed by atoms with Crippen molar-refractivity contribution in [3.63, 3.8) is 0 Å². The van der Waals surface area contributed by atoms with Crippen molar-refractivity contribution in [2.24, 2.45) is 0 Å². The fourth-order valence-corrected chi connectivity index (χ4v) is 4.07.